The van der Waals surface area contributed by atoms with Crippen LogP contribution in [0.25, 0.3) is 6.08 Å². The van der Waals surface area contributed by atoms with Gasteiger partial charge >= 0.3 is 6.61 Å². The number of carbonyl (C=O) groups is 1. The van der Waals surface area contributed by atoms with E-state index < -0.39 is 6.61 Å². The number of halogens is 4. The summed E-state index contributed by atoms with van der Waals surface area (Å²) in [5, 5.41) is 7.94. The van der Waals surface area contributed by atoms with E-state index in [0.29, 0.717) is 27.8 Å². The van der Waals surface area contributed by atoms with Crippen molar-refractivity contribution in [3.63, 3.8) is 0 Å². The maximum atomic E-state index is 12.1. The lowest BCUT2D eigenvalue weighted by Crippen LogP contribution is -2.07. The zero-order valence-corrected chi connectivity index (χ0v) is 16.4. The fourth-order valence-corrected chi connectivity index (χ4v) is 2.99. The van der Waals surface area contributed by atoms with Gasteiger partial charge in [0.25, 0.3) is 0 Å². The van der Waals surface area contributed by atoms with Gasteiger partial charge in [-0.05, 0) is 35.9 Å². The minimum atomic E-state index is -2.88. The van der Waals surface area contributed by atoms with E-state index in [4.69, 9.17) is 23.2 Å². The average molecular weight is 438 g/mol. The second-order valence-corrected chi connectivity index (χ2v) is 6.71. The second-order valence-electron chi connectivity index (χ2n) is 5.90. The minimum absolute atomic E-state index is 0.0487. The minimum Gasteiger partial charge on any atom is -0.435 e. The molecule has 1 heterocycles. The van der Waals surface area contributed by atoms with E-state index in [1.165, 1.54) is 24.4 Å². The predicted octanol–water partition coefficient (Wildman–Crippen LogP) is 5.49. The van der Waals surface area contributed by atoms with Gasteiger partial charge in [-0.25, -0.2) is 0 Å². The summed E-state index contributed by atoms with van der Waals surface area (Å²) in [6, 6.07) is 11.2. The lowest BCUT2D eigenvalue weighted by atomic mass is 10.2. The van der Waals surface area contributed by atoms with Gasteiger partial charge in [0.2, 0.25) is 5.91 Å². The van der Waals surface area contributed by atoms with Crippen LogP contribution in [0.3, 0.4) is 0 Å². The van der Waals surface area contributed by atoms with E-state index in [-0.39, 0.29) is 11.7 Å². The van der Waals surface area contributed by atoms with Crippen molar-refractivity contribution < 1.29 is 18.3 Å². The van der Waals surface area contributed by atoms with Crippen molar-refractivity contribution in [1.82, 2.24) is 9.78 Å². The molecule has 1 N–H and O–H groups in total. The van der Waals surface area contributed by atoms with E-state index in [0.717, 1.165) is 5.56 Å². The first-order valence-electron chi connectivity index (χ1n) is 8.40. The number of nitrogens with one attached hydrogen (secondary N) is 1. The summed E-state index contributed by atoms with van der Waals surface area (Å²) in [4.78, 5) is 12.1. The summed E-state index contributed by atoms with van der Waals surface area (Å²) in [5.41, 5.74) is 1.89. The summed E-state index contributed by atoms with van der Waals surface area (Å²) in [5.74, 6) is -0.319. The largest absolute Gasteiger partial charge is 0.435 e. The Morgan fingerprint density at radius 1 is 1.17 bits per heavy atom. The SMILES string of the molecule is O=C(/C=C\c1ccc(OC(F)F)cc1)Nc1cnn(Cc2c(Cl)cccc2Cl)c1. The first kappa shape index (κ1) is 20.8. The fraction of sp³-hybridized carbons (Fsp3) is 0.100. The van der Waals surface area contributed by atoms with Crippen LogP contribution in [0.4, 0.5) is 14.5 Å². The van der Waals surface area contributed by atoms with E-state index in [1.807, 2.05) is 0 Å². The van der Waals surface area contributed by atoms with Gasteiger partial charge in [0, 0.05) is 27.9 Å². The van der Waals surface area contributed by atoms with Crippen LogP contribution in [0, 0.1) is 0 Å². The highest BCUT2D eigenvalue weighted by Gasteiger charge is 2.08. The Kier molecular flexibility index (Phi) is 6.85. The highest BCUT2D eigenvalue weighted by molar-refractivity contribution is 6.35. The van der Waals surface area contributed by atoms with Crippen molar-refractivity contribution in [3.05, 3.63) is 82.1 Å². The Hall–Kier alpha value is -2.90. The molecule has 0 saturated carbocycles. The third-order valence-electron chi connectivity index (χ3n) is 3.82. The van der Waals surface area contributed by atoms with Crippen LogP contribution < -0.4 is 10.1 Å². The highest BCUT2D eigenvalue weighted by Crippen LogP contribution is 2.25. The molecule has 3 rings (SSSR count). The van der Waals surface area contributed by atoms with Gasteiger partial charge in [0.15, 0.2) is 0 Å². The van der Waals surface area contributed by atoms with Crippen molar-refractivity contribution in [2.75, 3.05) is 5.32 Å². The molecule has 0 aliphatic heterocycles. The van der Waals surface area contributed by atoms with Gasteiger partial charge in [-0.1, -0.05) is 41.4 Å². The smallest absolute Gasteiger partial charge is 0.387 e. The maximum absolute atomic E-state index is 12.1. The molecule has 0 aliphatic carbocycles. The quantitative estimate of drug-likeness (QED) is 0.497. The Morgan fingerprint density at radius 2 is 1.86 bits per heavy atom. The third kappa shape index (κ3) is 6.04. The number of hydrogen-bond acceptors (Lipinski definition) is 3. The molecule has 3 aromatic rings. The molecule has 0 unspecified atom stereocenters. The summed E-state index contributed by atoms with van der Waals surface area (Å²) < 4.78 is 30.1. The molecule has 9 heteroatoms. The number of nitrogens with zero attached hydrogens (tertiary/aromatic N) is 2. The first-order valence-corrected chi connectivity index (χ1v) is 9.15. The zero-order chi connectivity index (χ0) is 20.8. The Labute approximate surface area is 175 Å². The van der Waals surface area contributed by atoms with Gasteiger partial charge in [-0.15, -0.1) is 0 Å². The molecule has 0 aliphatic rings. The maximum Gasteiger partial charge on any atom is 0.387 e. The number of carbonyl (C=O) groups excluding carboxylic acids is 1. The van der Waals surface area contributed by atoms with Crippen molar-refractivity contribution in [1.29, 1.82) is 0 Å². The Morgan fingerprint density at radius 3 is 2.52 bits per heavy atom. The molecule has 0 atom stereocenters. The Balaban J connectivity index is 1.58. The van der Waals surface area contributed by atoms with Gasteiger partial charge < -0.3 is 10.1 Å². The monoisotopic (exact) mass is 437 g/mol. The first-order chi connectivity index (χ1) is 13.9. The molecule has 1 amide bonds. The van der Waals surface area contributed by atoms with Crippen molar-refractivity contribution in [2.45, 2.75) is 13.2 Å². The van der Waals surface area contributed by atoms with Crippen LogP contribution >= 0.6 is 23.2 Å². The van der Waals surface area contributed by atoms with Crippen LogP contribution in [-0.2, 0) is 11.3 Å². The number of anilines is 1. The summed E-state index contributed by atoms with van der Waals surface area (Å²) in [6.07, 6.45) is 6.04. The van der Waals surface area contributed by atoms with E-state index >= 15 is 0 Å². The molecule has 0 saturated heterocycles. The number of benzene rings is 2. The molecule has 29 heavy (non-hydrogen) atoms. The third-order valence-corrected chi connectivity index (χ3v) is 4.52. The number of aromatic nitrogens is 2. The molecular weight excluding hydrogens is 423 g/mol. The molecule has 0 bridgehead atoms. The molecule has 0 fully saturated rings. The summed E-state index contributed by atoms with van der Waals surface area (Å²) in [7, 11) is 0. The van der Waals surface area contributed by atoms with Crippen molar-refractivity contribution >= 4 is 40.9 Å². The molecule has 1 aromatic heterocycles. The highest BCUT2D eigenvalue weighted by atomic mass is 35.5. The molecule has 0 spiro atoms. The van der Waals surface area contributed by atoms with E-state index in [2.05, 4.69) is 15.2 Å². The Bertz CT molecular complexity index is 1000. The normalized spacial score (nSPS) is 11.2. The van der Waals surface area contributed by atoms with E-state index in [9.17, 15) is 13.6 Å². The van der Waals surface area contributed by atoms with Crippen molar-refractivity contribution in [2.24, 2.45) is 0 Å². The summed E-state index contributed by atoms with van der Waals surface area (Å²) in [6.45, 7) is -2.52. The lowest BCUT2D eigenvalue weighted by Gasteiger charge is -2.06. The van der Waals surface area contributed by atoms with Gasteiger partial charge in [-0.3, -0.25) is 9.48 Å². The average Bonchev–Trinajstić information content (AvgIpc) is 3.11. The van der Waals surface area contributed by atoms with Crippen LogP contribution in [-0.4, -0.2) is 22.3 Å². The number of alkyl halides is 2. The molecule has 5 nitrogen and oxygen atoms in total. The van der Waals surface area contributed by atoms with Crippen molar-refractivity contribution in [3.8, 4) is 5.75 Å². The van der Waals surface area contributed by atoms with E-state index in [1.54, 1.807) is 47.3 Å². The lowest BCUT2D eigenvalue weighted by molar-refractivity contribution is -0.111. The standard InChI is InChI=1S/C20H15Cl2F2N3O2/c21-17-2-1-3-18(22)16(17)12-27-11-14(10-25-27)26-19(28)9-6-13-4-7-15(8-5-13)29-20(23)24/h1-11,20H,12H2,(H,26,28)/b9-6-. The number of rotatable bonds is 7. The van der Waals surface area contributed by atoms with Gasteiger partial charge in [-0.2, -0.15) is 13.9 Å². The zero-order valence-electron chi connectivity index (χ0n) is 14.9. The van der Waals surface area contributed by atoms with Gasteiger partial charge in [0.1, 0.15) is 5.75 Å². The summed E-state index contributed by atoms with van der Waals surface area (Å²) >= 11 is 12.3. The topological polar surface area (TPSA) is 56.1 Å². The molecular formula is C20H15Cl2F2N3O2. The molecule has 150 valence electrons. The van der Waals surface area contributed by atoms with Crippen LogP contribution in [0.1, 0.15) is 11.1 Å². The van der Waals surface area contributed by atoms with Crippen LogP contribution in [0.5, 0.6) is 5.75 Å². The number of ether oxygens (including phenoxy) is 1. The molecule has 2 aromatic carbocycles. The number of hydrogen-bond donors (Lipinski definition) is 1. The predicted molar refractivity (Wildman–Crippen MR) is 109 cm³/mol. The van der Waals surface area contributed by atoms with Gasteiger partial charge in [0.05, 0.1) is 18.4 Å². The van der Waals surface area contributed by atoms with Crippen LogP contribution in [0.2, 0.25) is 10.0 Å². The molecule has 0 radical (unpaired) electrons. The van der Waals surface area contributed by atoms with Crippen LogP contribution in [0.15, 0.2) is 60.9 Å². The number of amides is 1. The second kappa shape index (κ2) is 9.54. The fourth-order valence-electron chi connectivity index (χ4n) is 2.48.